The number of hydrogen-bond donors (Lipinski definition) is 3. The van der Waals surface area contributed by atoms with Crippen molar-refractivity contribution in [2.45, 2.75) is 72.1 Å². The summed E-state index contributed by atoms with van der Waals surface area (Å²) in [5.74, 6) is 1.22. The van der Waals surface area contributed by atoms with Crippen LogP contribution >= 0.6 is 0 Å². The normalized spacial score (nSPS) is 12.7. The van der Waals surface area contributed by atoms with Gasteiger partial charge in [-0.05, 0) is 45.4 Å². The Morgan fingerprint density at radius 2 is 1.84 bits per heavy atom. The number of ether oxygens (including phenoxy) is 1. The topological polar surface area (TPSA) is 83.0 Å². The molecule has 0 aliphatic heterocycles. The van der Waals surface area contributed by atoms with E-state index in [0.717, 1.165) is 70.5 Å². The number of carbonyl (C=O) groups excluding carboxylic acids is 1. The molecule has 25 heavy (non-hydrogen) atoms. The van der Waals surface area contributed by atoms with E-state index in [4.69, 9.17) is 9.84 Å². The van der Waals surface area contributed by atoms with Gasteiger partial charge in [-0.3, -0.25) is 9.79 Å². The molecule has 0 saturated carbocycles. The van der Waals surface area contributed by atoms with Gasteiger partial charge in [0.25, 0.3) is 0 Å². The van der Waals surface area contributed by atoms with Crippen molar-refractivity contribution in [1.82, 2.24) is 10.6 Å². The van der Waals surface area contributed by atoms with E-state index in [-0.39, 0.29) is 12.6 Å². The summed E-state index contributed by atoms with van der Waals surface area (Å²) < 4.78 is 4.92. The fourth-order valence-corrected chi connectivity index (χ4v) is 2.67. The zero-order valence-corrected chi connectivity index (χ0v) is 16.5. The molecule has 6 heteroatoms. The summed E-state index contributed by atoms with van der Waals surface area (Å²) in [4.78, 5) is 15.9. The molecule has 6 nitrogen and oxygen atoms in total. The number of hydrogen-bond acceptors (Lipinski definition) is 4. The van der Waals surface area contributed by atoms with Crippen LogP contribution in [-0.4, -0.2) is 49.9 Å². The van der Waals surface area contributed by atoms with Gasteiger partial charge >= 0.3 is 5.97 Å². The van der Waals surface area contributed by atoms with Gasteiger partial charge in [-0.15, -0.1) is 0 Å². The number of aliphatic hydroxyl groups excluding tert-OH is 1. The third-order valence-corrected chi connectivity index (χ3v) is 3.99. The van der Waals surface area contributed by atoms with E-state index in [1.165, 1.54) is 0 Å². The zero-order chi connectivity index (χ0) is 18.8. The van der Waals surface area contributed by atoms with Crippen molar-refractivity contribution in [3.8, 4) is 0 Å². The molecule has 0 rings (SSSR count). The lowest BCUT2D eigenvalue weighted by Gasteiger charge is -2.15. The van der Waals surface area contributed by atoms with Gasteiger partial charge in [0.1, 0.15) is 0 Å². The van der Waals surface area contributed by atoms with Crippen molar-refractivity contribution < 1.29 is 14.6 Å². The van der Waals surface area contributed by atoms with Crippen LogP contribution in [0.4, 0.5) is 0 Å². The summed E-state index contributed by atoms with van der Waals surface area (Å²) in [7, 11) is 0. The number of aliphatic imine (C=N–C) groups is 1. The molecular formula is C19H39N3O3. The van der Waals surface area contributed by atoms with Crippen LogP contribution in [0.1, 0.15) is 72.1 Å². The monoisotopic (exact) mass is 357 g/mol. The lowest BCUT2D eigenvalue weighted by Crippen LogP contribution is -2.38. The number of nitrogens with zero attached hydrogens (tertiary/aromatic N) is 1. The maximum atomic E-state index is 11.2. The molecule has 0 spiro atoms. The Hall–Kier alpha value is -1.30. The maximum Gasteiger partial charge on any atom is 0.305 e. The largest absolute Gasteiger partial charge is 0.466 e. The van der Waals surface area contributed by atoms with E-state index in [9.17, 15) is 4.79 Å². The molecule has 148 valence electrons. The van der Waals surface area contributed by atoms with Gasteiger partial charge in [-0.2, -0.15) is 0 Å². The molecule has 0 aromatic heterocycles. The maximum absolute atomic E-state index is 11.2. The Labute approximate surface area is 153 Å². The average molecular weight is 358 g/mol. The van der Waals surface area contributed by atoms with Crippen LogP contribution in [0.2, 0.25) is 0 Å². The Bertz CT molecular complexity index is 343. The van der Waals surface area contributed by atoms with Crippen LogP contribution in [0.15, 0.2) is 4.99 Å². The highest BCUT2D eigenvalue weighted by molar-refractivity contribution is 5.79. The highest BCUT2D eigenvalue weighted by Gasteiger charge is 2.07. The second kappa shape index (κ2) is 17.5. The van der Waals surface area contributed by atoms with E-state index in [1.807, 2.05) is 6.92 Å². The van der Waals surface area contributed by atoms with Crippen molar-refractivity contribution in [3.63, 3.8) is 0 Å². The standard InChI is InChI=1S/C19H39N3O3/c1-4-11-17(13-15-23)16-22-19(20-5-2)21-14-10-8-7-9-12-18(24)25-6-3/h17,23H,4-16H2,1-3H3,(H2,20,21,22). The predicted octanol–water partition coefficient (Wildman–Crippen LogP) is 2.85. The summed E-state index contributed by atoms with van der Waals surface area (Å²) in [6.07, 6.45) is 7.65. The number of carbonyl (C=O) groups is 1. The molecule has 0 amide bonds. The van der Waals surface area contributed by atoms with E-state index in [0.29, 0.717) is 18.9 Å². The fourth-order valence-electron chi connectivity index (χ4n) is 2.67. The van der Waals surface area contributed by atoms with Crippen molar-refractivity contribution in [2.24, 2.45) is 10.9 Å². The van der Waals surface area contributed by atoms with E-state index in [2.05, 4.69) is 29.5 Å². The second-order valence-electron chi connectivity index (χ2n) is 6.28. The number of esters is 1. The molecule has 1 unspecified atom stereocenters. The first-order valence-electron chi connectivity index (χ1n) is 9.96. The quantitative estimate of drug-likeness (QED) is 0.182. The Morgan fingerprint density at radius 3 is 2.48 bits per heavy atom. The highest BCUT2D eigenvalue weighted by atomic mass is 16.5. The molecule has 0 aromatic rings. The van der Waals surface area contributed by atoms with Crippen LogP contribution in [0.5, 0.6) is 0 Å². The Kier molecular flexibility index (Phi) is 16.6. The number of nitrogens with one attached hydrogen (secondary N) is 2. The fraction of sp³-hybridized carbons (Fsp3) is 0.895. The molecular weight excluding hydrogens is 318 g/mol. The minimum Gasteiger partial charge on any atom is -0.466 e. The molecule has 0 aliphatic carbocycles. The summed E-state index contributed by atoms with van der Waals surface area (Å²) in [5, 5.41) is 15.8. The number of unbranched alkanes of at least 4 members (excludes halogenated alkanes) is 3. The van der Waals surface area contributed by atoms with Gasteiger partial charge in [0, 0.05) is 32.7 Å². The average Bonchev–Trinajstić information content (AvgIpc) is 2.59. The lowest BCUT2D eigenvalue weighted by atomic mass is 10.0. The van der Waals surface area contributed by atoms with Crippen molar-refractivity contribution in [1.29, 1.82) is 0 Å². The number of rotatable bonds is 15. The minimum atomic E-state index is -0.0910. The van der Waals surface area contributed by atoms with Gasteiger partial charge in [-0.1, -0.05) is 26.2 Å². The second-order valence-corrected chi connectivity index (χ2v) is 6.28. The first-order chi connectivity index (χ1) is 12.2. The molecule has 0 heterocycles. The summed E-state index contributed by atoms with van der Waals surface area (Å²) in [5.41, 5.74) is 0. The van der Waals surface area contributed by atoms with Crippen LogP contribution in [-0.2, 0) is 9.53 Å². The van der Waals surface area contributed by atoms with Gasteiger partial charge in [0.15, 0.2) is 5.96 Å². The van der Waals surface area contributed by atoms with Crippen LogP contribution in [0.25, 0.3) is 0 Å². The van der Waals surface area contributed by atoms with Gasteiger partial charge < -0.3 is 20.5 Å². The van der Waals surface area contributed by atoms with Crippen molar-refractivity contribution in [2.75, 3.05) is 32.8 Å². The smallest absolute Gasteiger partial charge is 0.305 e. The molecule has 3 N–H and O–H groups in total. The van der Waals surface area contributed by atoms with Crippen LogP contribution < -0.4 is 10.6 Å². The summed E-state index contributed by atoms with van der Waals surface area (Å²) in [6, 6.07) is 0. The van der Waals surface area contributed by atoms with Gasteiger partial charge in [-0.25, -0.2) is 0 Å². The van der Waals surface area contributed by atoms with Crippen molar-refractivity contribution in [3.05, 3.63) is 0 Å². The number of aliphatic hydroxyl groups is 1. The first-order valence-corrected chi connectivity index (χ1v) is 9.96. The van der Waals surface area contributed by atoms with E-state index in [1.54, 1.807) is 0 Å². The van der Waals surface area contributed by atoms with E-state index >= 15 is 0 Å². The molecule has 0 saturated heterocycles. The molecule has 0 radical (unpaired) electrons. The third-order valence-electron chi connectivity index (χ3n) is 3.99. The molecule has 1 atom stereocenters. The number of guanidine groups is 1. The highest BCUT2D eigenvalue weighted by Crippen LogP contribution is 2.11. The summed E-state index contributed by atoms with van der Waals surface area (Å²) >= 11 is 0. The van der Waals surface area contributed by atoms with Gasteiger partial charge in [0.05, 0.1) is 6.61 Å². The molecule has 0 fully saturated rings. The first kappa shape index (κ1) is 23.7. The van der Waals surface area contributed by atoms with Gasteiger partial charge in [0.2, 0.25) is 0 Å². The van der Waals surface area contributed by atoms with Crippen LogP contribution in [0, 0.1) is 5.92 Å². The molecule has 0 aliphatic rings. The summed E-state index contributed by atoms with van der Waals surface area (Å²) in [6.45, 7) is 9.23. The van der Waals surface area contributed by atoms with Crippen LogP contribution in [0.3, 0.4) is 0 Å². The van der Waals surface area contributed by atoms with Crippen molar-refractivity contribution >= 4 is 11.9 Å². The SMILES string of the molecule is CCCC(CCO)CN=C(NCC)NCCCCCCC(=O)OCC. The van der Waals surface area contributed by atoms with E-state index < -0.39 is 0 Å². The Balaban J connectivity index is 3.94. The lowest BCUT2D eigenvalue weighted by molar-refractivity contribution is -0.143. The molecule has 0 aromatic carbocycles. The third kappa shape index (κ3) is 14.7. The minimum absolute atomic E-state index is 0.0910. The molecule has 0 bridgehead atoms. The predicted molar refractivity (Wildman–Crippen MR) is 104 cm³/mol. The zero-order valence-electron chi connectivity index (χ0n) is 16.5. The Morgan fingerprint density at radius 1 is 1.08 bits per heavy atom.